The highest BCUT2D eigenvalue weighted by Gasteiger charge is 2.53. The van der Waals surface area contributed by atoms with Crippen molar-refractivity contribution in [1.29, 1.82) is 0 Å². The molecule has 8 rings (SSSR count). The van der Waals surface area contributed by atoms with Gasteiger partial charge in [-0.05, 0) is 138 Å². The smallest absolute Gasteiger partial charge is 0.378 e. The molecule has 8 aliphatic rings. The van der Waals surface area contributed by atoms with E-state index in [0.29, 0.717) is 44.4 Å². The van der Waals surface area contributed by atoms with Crippen LogP contribution in [0.3, 0.4) is 0 Å². The molecule has 3 heterocycles. The molecular formula is C77H124ClF3N12O13. The van der Waals surface area contributed by atoms with E-state index < -0.39 is 174 Å². The molecule has 3 N–H and O–H groups in total. The molecule has 106 heavy (non-hydrogen) atoms. The molecule has 3 unspecified atom stereocenters. The normalized spacial score (nSPS) is 31.1. The van der Waals surface area contributed by atoms with Crippen molar-refractivity contribution >= 4 is 82.5 Å². The Bertz CT molecular complexity index is 3080. The van der Waals surface area contributed by atoms with E-state index in [-0.39, 0.29) is 127 Å². The minimum absolute atomic E-state index is 0.00171. The lowest BCUT2D eigenvalue weighted by Gasteiger charge is -2.42. The van der Waals surface area contributed by atoms with Crippen molar-refractivity contribution in [3.8, 4) is 0 Å². The van der Waals surface area contributed by atoms with Gasteiger partial charge in [-0.15, -0.1) is 11.6 Å². The minimum Gasteiger partial charge on any atom is -0.378 e. The summed E-state index contributed by atoms with van der Waals surface area (Å²) >= 11 is 6.46. The second kappa shape index (κ2) is 38.4. The quantitative estimate of drug-likeness (QED) is 0.161. The summed E-state index contributed by atoms with van der Waals surface area (Å²) in [5.41, 5.74) is -1.56. The molecule has 598 valence electrons. The summed E-state index contributed by atoms with van der Waals surface area (Å²) in [6.45, 7) is 8.96. The number of carbonyl (C=O) groups excluding carboxylic acids is 12. The van der Waals surface area contributed by atoms with E-state index >= 15 is 38.4 Å². The van der Waals surface area contributed by atoms with E-state index in [1.807, 2.05) is 20.8 Å². The largest absolute Gasteiger partial charge is 0.393 e. The van der Waals surface area contributed by atoms with E-state index in [9.17, 15) is 32.3 Å². The average molecular weight is 1520 g/mol. The highest BCUT2D eigenvalue weighted by molar-refractivity contribution is 6.21. The van der Waals surface area contributed by atoms with Crippen molar-refractivity contribution in [3.05, 3.63) is 0 Å². The number of morpholine rings is 1. The first-order valence-electron chi connectivity index (χ1n) is 39.8. The highest BCUT2D eigenvalue weighted by atomic mass is 35.5. The lowest BCUT2D eigenvalue weighted by atomic mass is 9.78. The third-order valence-electron chi connectivity index (χ3n) is 25.0. The van der Waals surface area contributed by atoms with Crippen LogP contribution in [0.4, 0.5) is 13.2 Å². The van der Waals surface area contributed by atoms with Crippen molar-refractivity contribution in [2.75, 3.05) is 101 Å². The molecule has 3 aliphatic heterocycles. The Labute approximate surface area is 631 Å². The molecule has 25 nitrogen and oxygen atoms in total. The van der Waals surface area contributed by atoms with Crippen molar-refractivity contribution < 1.29 is 75.4 Å². The zero-order chi connectivity index (χ0) is 77.6. The van der Waals surface area contributed by atoms with Gasteiger partial charge in [-0.3, -0.25) is 57.5 Å². The molecule has 12 amide bonds. The van der Waals surface area contributed by atoms with Crippen molar-refractivity contribution in [2.24, 2.45) is 47.3 Å². The average Bonchev–Trinajstić information content (AvgIpc) is 1.49. The molecule has 5 saturated carbocycles. The van der Waals surface area contributed by atoms with Gasteiger partial charge in [0.05, 0.1) is 45.2 Å². The number of likely N-dealkylation sites (N-methyl/N-ethyl adjacent to an activating group) is 6. The molecule has 8 fully saturated rings. The van der Waals surface area contributed by atoms with Gasteiger partial charge < -0.3 is 64.8 Å². The van der Waals surface area contributed by atoms with Crippen LogP contribution in [0.2, 0.25) is 0 Å². The number of amides is 12. The Kier molecular flexibility index (Phi) is 30.9. The molecule has 29 heteroatoms. The lowest BCUT2D eigenvalue weighted by Crippen LogP contribution is -2.65. The van der Waals surface area contributed by atoms with Crippen molar-refractivity contribution in [1.82, 2.24) is 60.0 Å². The first-order valence-corrected chi connectivity index (χ1v) is 40.2. The third-order valence-corrected chi connectivity index (χ3v) is 25.5. The van der Waals surface area contributed by atoms with Gasteiger partial charge in [-0.1, -0.05) is 105 Å². The Hall–Kier alpha value is -6.32. The summed E-state index contributed by atoms with van der Waals surface area (Å²) < 4.78 is 48.0. The summed E-state index contributed by atoms with van der Waals surface area (Å²) in [6.07, 6.45) is 7.08. The summed E-state index contributed by atoms with van der Waals surface area (Å²) in [7, 11) is 8.72. The Morgan fingerprint density at radius 1 is 0.613 bits per heavy atom. The number of nitrogens with one attached hydrogen (secondary N) is 3. The molecule has 0 bridgehead atoms. The maximum Gasteiger partial charge on any atom is 0.393 e. The number of fused-ring (bicyclic) bond motifs is 1. The van der Waals surface area contributed by atoms with Crippen molar-refractivity contribution in [3.63, 3.8) is 0 Å². The molecule has 5 aliphatic carbocycles. The van der Waals surface area contributed by atoms with E-state index in [0.717, 1.165) is 64.2 Å². The first kappa shape index (κ1) is 85.3. The van der Waals surface area contributed by atoms with Crippen LogP contribution in [-0.4, -0.2) is 276 Å². The molecule has 3 saturated heterocycles. The molecule has 11 atom stereocenters. The standard InChI is InChI=1S/C77H124ClF3N12O13/c1-12-50(5)66-73(103)87(8)46-64(96)85(6)47-65(97)93(44-53-20-13-14-21-53)61(42-52-27-25-49(4)26-28-52)71(101)86(7)45-62(94)82-57(32-30-51-29-31-55(56(78)41-51)77(79,80)81)70(100)92-35-19-24-58(92)69(99)84-76(33-17-18-34-76)75(105)90(11)67(54-22-15-16-23-54)74(104)89(10)60(72(102)91-36-38-106-39-37-91)43-63(95)88(9)59(40-48(2)3)68(98)83-66/h48-61,66-67H,12-47H2,1-11H3,(H,82,94)(H,83,98)(H,84,99)/t49?,50-,51?,52?,55?,56?,57-,58-,59-,60-,61-,66-,67-/m0/s1. The zero-order valence-corrected chi connectivity index (χ0v) is 65.8. The molecular weight excluding hydrogens is 1390 g/mol. The maximum absolute atomic E-state index is 15.8. The maximum atomic E-state index is 15.8. The zero-order valence-electron chi connectivity index (χ0n) is 65.0. The molecule has 0 radical (unpaired) electrons. The third kappa shape index (κ3) is 21.6. The first-order chi connectivity index (χ1) is 50.1. The predicted octanol–water partition coefficient (Wildman–Crippen LogP) is 6.75. The molecule has 1 spiro atoms. The number of nitrogens with zero attached hydrogens (tertiary/aromatic N) is 9. The van der Waals surface area contributed by atoms with Crippen LogP contribution >= 0.6 is 11.6 Å². The monoisotopic (exact) mass is 1520 g/mol. The van der Waals surface area contributed by atoms with Gasteiger partial charge in [-0.2, -0.15) is 13.2 Å². The van der Waals surface area contributed by atoms with Gasteiger partial charge in [0.25, 0.3) is 0 Å². The van der Waals surface area contributed by atoms with E-state index in [1.165, 1.54) is 81.5 Å². The van der Waals surface area contributed by atoms with Gasteiger partial charge in [0.15, 0.2) is 0 Å². The summed E-state index contributed by atoms with van der Waals surface area (Å²) in [5.74, 6) is -10.0. The summed E-state index contributed by atoms with van der Waals surface area (Å²) in [6, 6.07) is -8.61. The van der Waals surface area contributed by atoms with Gasteiger partial charge >= 0.3 is 6.18 Å². The summed E-state index contributed by atoms with van der Waals surface area (Å²) in [5, 5.41) is 7.72. The molecule has 0 aromatic carbocycles. The number of halogens is 4. The van der Waals surface area contributed by atoms with Crippen LogP contribution in [0.25, 0.3) is 0 Å². The van der Waals surface area contributed by atoms with Crippen LogP contribution in [0, 0.1) is 47.3 Å². The molecule has 0 aromatic heterocycles. The fraction of sp³-hybridized carbons (Fsp3) is 0.844. The number of hydrogen-bond acceptors (Lipinski definition) is 13. The fourth-order valence-corrected chi connectivity index (χ4v) is 18.6. The summed E-state index contributed by atoms with van der Waals surface area (Å²) in [4.78, 5) is 194. The molecule has 0 aromatic rings. The van der Waals surface area contributed by atoms with Crippen LogP contribution in [0.1, 0.15) is 208 Å². The Balaban J connectivity index is 1.18. The van der Waals surface area contributed by atoms with Crippen molar-refractivity contribution in [2.45, 2.75) is 267 Å². The SMILES string of the molecule is CC[C@H](C)[C@@H]1NC(=O)[C@H](CC(C)C)N(C)C(=O)C[C@@H](C(=O)N2CCOCC2)N(C)C(=O)[C@H](C2CCCC2)N(C)C(=O)C2(CCCC2)NC(=O)[C@@H]2CCCN2C(=O)[C@H](CCC2CCC(C(F)(F)F)C(Cl)C2)NC(=O)CN(C)C(=O)[C@H](CC2CCC(C)CC2)N(CC2CCCC2)C(=O)CN(C)C(=O)CN(C)C1=O. The number of carbonyl (C=O) groups is 12. The number of ether oxygens (including phenoxy) is 1. The van der Waals surface area contributed by atoms with Gasteiger partial charge in [0.1, 0.15) is 47.8 Å². The highest BCUT2D eigenvalue weighted by Crippen LogP contribution is 2.44. The number of rotatable bonds is 13. The van der Waals surface area contributed by atoms with Crippen LogP contribution < -0.4 is 16.0 Å². The van der Waals surface area contributed by atoms with Crippen LogP contribution in [-0.2, 0) is 62.3 Å². The minimum atomic E-state index is -4.51. The van der Waals surface area contributed by atoms with Gasteiger partial charge in [-0.25, -0.2) is 0 Å². The van der Waals surface area contributed by atoms with Gasteiger partial charge in [0, 0.05) is 73.8 Å². The second-order valence-corrected chi connectivity index (χ2v) is 33.8. The Morgan fingerprint density at radius 3 is 1.84 bits per heavy atom. The van der Waals surface area contributed by atoms with Gasteiger partial charge in [0.2, 0.25) is 70.9 Å². The van der Waals surface area contributed by atoms with E-state index in [2.05, 4.69) is 22.9 Å². The lowest BCUT2D eigenvalue weighted by molar-refractivity contribution is -0.182. The second-order valence-electron chi connectivity index (χ2n) is 33.3. The number of alkyl halides is 4. The topological polar surface area (TPSA) is 279 Å². The van der Waals surface area contributed by atoms with E-state index in [1.54, 1.807) is 11.8 Å². The van der Waals surface area contributed by atoms with Crippen LogP contribution in [0.15, 0.2) is 0 Å². The Morgan fingerprint density at radius 2 is 1.23 bits per heavy atom. The van der Waals surface area contributed by atoms with Crippen LogP contribution in [0.5, 0.6) is 0 Å². The number of hydrogen-bond donors (Lipinski definition) is 3. The van der Waals surface area contributed by atoms with E-state index in [4.69, 9.17) is 16.3 Å². The fourth-order valence-electron chi connectivity index (χ4n) is 18.1. The predicted molar refractivity (Wildman–Crippen MR) is 392 cm³/mol.